The van der Waals surface area contributed by atoms with Gasteiger partial charge in [-0.25, -0.2) is 23.2 Å². The average Bonchev–Trinajstić information content (AvgIpc) is 3.53. The average molecular weight is 655 g/mol. The molecule has 47 heavy (non-hydrogen) atoms. The van der Waals surface area contributed by atoms with Gasteiger partial charge >= 0.3 is 6.03 Å². The van der Waals surface area contributed by atoms with Gasteiger partial charge in [-0.3, -0.25) is 9.58 Å². The Balaban J connectivity index is 1.12. The number of nitrogens with zero attached hydrogens (tertiary/aromatic N) is 7. The molecule has 3 aromatic heterocycles. The van der Waals surface area contributed by atoms with Crippen molar-refractivity contribution < 1.29 is 13.2 Å². The van der Waals surface area contributed by atoms with E-state index in [9.17, 15) is 18.5 Å². The lowest BCUT2D eigenvalue weighted by Gasteiger charge is -2.36. The van der Waals surface area contributed by atoms with Gasteiger partial charge in [0.15, 0.2) is 0 Å². The molecule has 1 aliphatic heterocycles. The van der Waals surface area contributed by atoms with Crippen molar-refractivity contribution in [2.24, 2.45) is 7.05 Å². The number of carbonyl (C=O) groups excluding carboxylic acids is 1. The van der Waals surface area contributed by atoms with Gasteiger partial charge in [0, 0.05) is 55.2 Å². The van der Waals surface area contributed by atoms with E-state index in [1.54, 1.807) is 22.0 Å². The molecule has 2 fully saturated rings. The first-order chi connectivity index (χ1) is 22.8. The van der Waals surface area contributed by atoms with Crippen LogP contribution in [-0.2, 0) is 23.4 Å². The molecule has 0 unspecified atom stereocenters. The van der Waals surface area contributed by atoms with E-state index in [2.05, 4.69) is 37.1 Å². The predicted octanol–water partition coefficient (Wildman–Crippen LogP) is 4.27. The second-order valence-corrected chi connectivity index (χ2v) is 14.4. The number of aryl methyl sites for hydroxylation is 1. The molecule has 6 rings (SSSR count). The van der Waals surface area contributed by atoms with Gasteiger partial charge in [0.25, 0.3) is 0 Å². The normalized spacial score (nSPS) is 19.3. The number of nitriles is 1. The molecule has 3 N–H and O–H groups in total. The van der Waals surface area contributed by atoms with E-state index in [0.717, 1.165) is 42.4 Å². The number of urea groups is 1. The van der Waals surface area contributed by atoms with Gasteiger partial charge in [-0.2, -0.15) is 15.3 Å². The van der Waals surface area contributed by atoms with E-state index < -0.39 is 9.84 Å². The number of hydrogen-bond donors (Lipinski definition) is 3. The molecule has 2 amide bonds. The molecule has 4 heterocycles. The van der Waals surface area contributed by atoms with Crippen LogP contribution in [0, 0.1) is 11.3 Å². The summed E-state index contributed by atoms with van der Waals surface area (Å²) in [5.41, 5.74) is 3.20. The van der Waals surface area contributed by atoms with Crippen LogP contribution in [0.5, 0.6) is 0 Å². The Kier molecular flexibility index (Phi) is 9.63. The molecule has 4 aromatic rings. The summed E-state index contributed by atoms with van der Waals surface area (Å²) in [6, 6.07) is 15.5. The van der Waals surface area contributed by atoms with Crippen LogP contribution in [0.4, 0.5) is 22.4 Å². The third-order valence-corrected chi connectivity index (χ3v) is 10.5. The second kappa shape index (κ2) is 14.2. The fourth-order valence-electron chi connectivity index (χ4n) is 6.12. The largest absolute Gasteiger partial charge is 0.366 e. The third kappa shape index (κ3) is 8.04. The highest BCUT2D eigenvalue weighted by atomic mass is 32.2. The highest BCUT2D eigenvalue weighted by molar-refractivity contribution is 7.91. The summed E-state index contributed by atoms with van der Waals surface area (Å²) >= 11 is 0. The summed E-state index contributed by atoms with van der Waals surface area (Å²) in [6.07, 6.45) is 10.9. The zero-order valence-corrected chi connectivity index (χ0v) is 27.0. The molecule has 0 bridgehead atoms. The first-order valence-electron chi connectivity index (χ1n) is 15.8. The highest BCUT2D eigenvalue weighted by Crippen LogP contribution is 2.30. The van der Waals surface area contributed by atoms with Gasteiger partial charge in [0.05, 0.1) is 23.9 Å². The first kappa shape index (κ1) is 31.9. The van der Waals surface area contributed by atoms with Crippen LogP contribution in [0.15, 0.2) is 67.3 Å². The second-order valence-electron chi connectivity index (χ2n) is 12.1. The summed E-state index contributed by atoms with van der Waals surface area (Å²) in [6.45, 7) is 0.407. The van der Waals surface area contributed by atoms with Crippen molar-refractivity contribution in [1.29, 1.82) is 5.26 Å². The van der Waals surface area contributed by atoms with E-state index in [4.69, 9.17) is 4.98 Å². The zero-order chi connectivity index (χ0) is 32.8. The number of amides is 2. The monoisotopic (exact) mass is 654 g/mol. The minimum absolute atomic E-state index is 0.0674. The number of nitrogens with one attached hydrogen (secondary N) is 3. The van der Waals surface area contributed by atoms with E-state index in [1.165, 1.54) is 6.20 Å². The van der Waals surface area contributed by atoms with Crippen molar-refractivity contribution in [3.8, 4) is 17.2 Å². The van der Waals surface area contributed by atoms with E-state index in [0.29, 0.717) is 42.5 Å². The van der Waals surface area contributed by atoms with Crippen molar-refractivity contribution in [3.63, 3.8) is 0 Å². The Hall–Kier alpha value is -5.03. The summed E-state index contributed by atoms with van der Waals surface area (Å²) in [5.74, 6) is 1.64. The van der Waals surface area contributed by atoms with E-state index in [1.807, 2.05) is 55.7 Å². The number of sulfone groups is 1. The van der Waals surface area contributed by atoms with Gasteiger partial charge < -0.3 is 16.0 Å². The SMILES string of the molecule is Cn1cc(-c2ccc(N(C(=O)NCc3ccccc3)C3CCC(Nc4ncc(C#N)c(NC5CCS(=O)(=O)CC5)n4)CC3)nc2)cn1. The maximum atomic E-state index is 13.7. The highest BCUT2D eigenvalue weighted by Gasteiger charge is 2.31. The van der Waals surface area contributed by atoms with Crippen LogP contribution in [0.1, 0.15) is 49.7 Å². The molecular formula is C33H38N10O3S. The molecule has 13 nitrogen and oxygen atoms in total. The standard InChI is InChI=1S/C33H38N10O3S/c1-42-22-26(21-38-42)24-7-12-30(35-19-24)43(33(44)37-18-23-5-3-2-4-6-23)29-10-8-27(9-11-29)40-32-36-20-25(17-34)31(41-32)39-28-13-15-47(45,46)16-14-28/h2-7,12,19-22,27-29H,8-11,13-16,18H2,1H3,(H,37,44)(H2,36,39,40,41). The number of carbonyl (C=O) groups is 1. The number of anilines is 3. The molecular weight excluding hydrogens is 616 g/mol. The zero-order valence-electron chi connectivity index (χ0n) is 26.2. The maximum absolute atomic E-state index is 13.7. The van der Waals surface area contributed by atoms with Crippen LogP contribution in [0.25, 0.3) is 11.1 Å². The summed E-state index contributed by atoms with van der Waals surface area (Å²) in [4.78, 5) is 29.1. The van der Waals surface area contributed by atoms with Gasteiger partial charge in [0.2, 0.25) is 5.95 Å². The van der Waals surface area contributed by atoms with Gasteiger partial charge in [0.1, 0.15) is 33.1 Å². The molecule has 14 heteroatoms. The van der Waals surface area contributed by atoms with Crippen molar-refractivity contribution >= 4 is 33.5 Å². The summed E-state index contributed by atoms with van der Waals surface area (Å²) in [5, 5.41) is 23.6. The lowest BCUT2D eigenvalue weighted by atomic mass is 9.90. The van der Waals surface area contributed by atoms with Gasteiger partial charge in [-0.05, 0) is 56.2 Å². The smallest absolute Gasteiger partial charge is 0.323 e. The van der Waals surface area contributed by atoms with E-state index >= 15 is 0 Å². The molecule has 0 atom stereocenters. The van der Waals surface area contributed by atoms with E-state index in [-0.39, 0.29) is 35.7 Å². The third-order valence-electron chi connectivity index (χ3n) is 8.74. The topological polar surface area (TPSA) is 171 Å². The molecule has 1 aromatic carbocycles. The lowest BCUT2D eigenvalue weighted by molar-refractivity contribution is 0.240. The molecule has 2 aliphatic rings. The fourth-order valence-corrected chi connectivity index (χ4v) is 7.61. The van der Waals surface area contributed by atoms with Gasteiger partial charge in [-0.15, -0.1) is 0 Å². The predicted molar refractivity (Wildman–Crippen MR) is 179 cm³/mol. The van der Waals surface area contributed by atoms with Crippen molar-refractivity contribution in [1.82, 2.24) is 30.0 Å². The lowest BCUT2D eigenvalue weighted by Crippen LogP contribution is -2.49. The Morgan fingerprint density at radius 2 is 1.68 bits per heavy atom. The van der Waals surface area contributed by atoms with Crippen molar-refractivity contribution in [2.45, 2.75) is 63.2 Å². The summed E-state index contributed by atoms with van der Waals surface area (Å²) in [7, 11) is -1.13. The molecule has 1 aliphatic carbocycles. The Morgan fingerprint density at radius 1 is 0.936 bits per heavy atom. The Morgan fingerprint density at radius 3 is 2.34 bits per heavy atom. The fraction of sp³-hybridized carbons (Fsp3) is 0.394. The van der Waals surface area contributed by atoms with Crippen molar-refractivity contribution in [2.75, 3.05) is 27.0 Å². The van der Waals surface area contributed by atoms with Crippen LogP contribution in [0.3, 0.4) is 0 Å². The van der Waals surface area contributed by atoms with Crippen molar-refractivity contribution in [3.05, 3.63) is 78.4 Å². The minimum Gasteiger partial charge on any atom is -0.366 e. The van der Waals surface area contributed by atoms with Crippen LogP contribution >= 0.6 is 0 Å². The minimum atomic E-state index is -3.00. The quantitative estimate of drug-likeness (QED) is 0.237. The molecule has 244 valence electrons. The number of aromatic nitrogens is 5. The Bertz CT molecular complexity index is 1820. The number of pyridine rings is 1. The molecule has 0 spiro atoms. The molecule has 1 saturated carbocycles. The van der Waals surface area contributed by atoms with Crippen LogP contribution < -0.4 is 20.9 Å². The number of hydrogen-bond acceptors (Lipinski definition) is 10. The maximum Gasteiger partial charge on any atom is 0.323 e. The number of benzene rings is 1. The summed E-state index contributed by atoms with van der Waals surface area (Å²) < 4.78 is 25.4. The van der Waals surface area contributed by atoms with Crippen LogP contribution in [-0.4, -0.2) is 68.8 Å². The number of rotatable bonds is 9. The first-order valence-corrected chi connectivity index (χ1v) is 17.6. The molecule has 1 saturated heterocycles. The van der Waals surface area contributed by atoms with Crippen LogP contribution in [0.2, 0.25) is 0 Å². The van der Waals surface area contributed by atoms with Gasteiger partial charge in [-0.1, -0.05) is 30.3 Å². The Labute approximate surface area is 274 Å². The molecule has 0 radical (unpaired) electrons.